The van der Waals surface area contributed by atoms with E-state index in [0.29, 0.717) is 29.1 Å². The molecule has 0 aromatic heterocycles. The van der Waals surface area contributed by atoms with E-state index in [-0.39, 0.29) is 5.91 Å². The fourth-order valence-corrected chi connectivity index (χ4v) is 3.29. The second-order valence-corrected chi connectivity index (χ2v) is 7.15. The van der Waals surface area contributed by atoms with Crippen LogP contribution in [0.15, 0.2) is 73.0 Å². The van der Waals surface area contributed by atoms with Crippen LogP contribution < -0.4 is 5.32 Å². The summed E-state index contributed by atoms with van der Waals surface area (Å²) < 4.78 is 5.16. The largest absolute Gasteiger partial charge is 0.504 e. The topological polar surface area (TPSA) is 38.3 Å². The summed E-state index contributed by atoms with van der Waals surface area (Å²) in [5.74, 6) is -0.212. The van der Waals surface area contributed by atoms with Crippen LogP contribution in [0.2, 0.25) is 5.02 Å². The van der Waals surface area contributed by atoms with E-state index in [0.717, 1.165) is 17.5 Å². The highest BCUT2D eigenvalue weighted by Crippen LogP contribution is 2.26. The molecule has 0 saturated heterocycles. The Morgan fingerprint density at radius 2 is 1.93 bits per heavy atom. The number of carbonyl (C=O) groups is 1. The predicted molar refractivity (Wildman–Crippen MR) is 123 cm³/mol. The maximum atomic E-state index is 12.7. The monoisotopic (exact) mass is 409 g/mol. The van der Waals surface area contributed by atoms with Crippen molar-refractivity contribution in [3.8, 4) is 0 Å². The van der Waals surface area contributed by atoms with Gasteiger partial charge in [0.05, 0.1) is 13.4 Å². The molecule has 0 fully saturated rings. The van der Waals surface area contributed by atoms with Gasteiger partial charge >= 0.3 is 0 Å². The molecule has 0 spiro atoms. The molecule has 1 N–H and O–H groups in total. The minimum atomic E-state index is -0.212. The number of benzene rings is 2. The molecule has 0 aliphatic carbocycles. The first-order valence-electron chi connectivity index (χ1n) is 9.69. The van der Waals surface area contributed by atoms with E-state index >= 15 is 0 Å². The van der Waals surface area contributed by atoms with Crippen LogP contribution in [0.3, 0.4) is 0 Å². The lowest BCUT2D eigenvalue weighted by Gasteiger charge is -2.14. The zero-order chi connectivity index (χ0) is 21.2. The van der Waals surface area contributed by atoms with Crippen molar-refractivity contribution in [3.05, 3.63) is 94.7 Å². The first-order chi connectivity index (χ1) is 14.0. The van der Waals surface area contributed by atoms with Gasteiger partial charge in [-0.1, -0.05) is 67.6 Å². The molecule has 0 atom stereocenters. The quantitative estimate of drug-likeness (QED) is 0.304. The Hall–Kier alpha value is -2.78. The van der Waals surface area contributed by atoms with Crippen molar-refractivity contribution in [2.24, 2.45) is 0 Å². The molecule has 0 bridgehead atoms. The number of carbonyl (C=O) groups excluding carboxylic acids is 1. The van der Waals surface area contributed by atoms with Crippen molar-refractivity contribution in [1.29, 1.82) is 0 Å². The zero-order valence-electron chi connectivity index (χ0n) is 17.3. The lowest BCUT2D eigenvalue weighted by Crippen LogP contribution is -2.26. The summed E-state index contributed by atoms with van der Waals surface area (Å²) in [5.41, 5.74) is 5.39. The summed E-state index contributed by atoms with van der Waals surface area (Å²) in [5, 5.41) is 3.69. The van der Waals surface area contributed by atoms with Gasteiger partial charge in [0.1, 0.15) is 0 Å². The Kier molecular flexibility index (Phi) is 8.75. The van der Waals surface area contributed by atoms with Crippen LogP contribution in [0.1, 0.15) is 36.5 Å². The number of rotatable bonds is 9. The summed E-state index contributed by atoms with van der Waals surface area (Å²) in [6, 6.07) is 15.5. The third kappa shape index (κ3) is 6.37. The highest BCUT2D eigenvalue weighted by Gasteiger charge is 2.15. The van der Waals surface area contributed by atoms with E-state index < -0.39 is 0 Å². The number of allylic oxidation sites excluding steroid dienone is 1. The molecule has 2 aromatic carbocycles. The fourth-order valence-electron chi connectivity index (χ4n) is 3.12. The first-order valence-corrected chi connectivity index (χ1v) is 10.1. The highest BCUT2D eigenvalue weighted by molar-refractivity contribution is 6.30. The third-order valence-corrected chi connectivity index (χ3v) is 4.83. The van der Waals surface area contributed by atoms with E-state index in [4.69, 9.17) is 16.3 Å². The third-order valence-electron chi connectivity index (χ3n) is 4.60. The molecule has 0 radical (unpaired) electrons. The van der Waals surface area contributed by atoms with Gasteiger partial charge in [-0.05, 0) is 54.2 Å². The normalized spacial score (nSPS) is 11.9. The molecular formula is C25H28ClNO2. The van der Waals surface area contributed by atoms with Gasteiger partial charge in [0.25, 0.3) is 5.91 Å². The van der Waals surface area contributed by atoms with Crippen LogP contribution >= 0.6 is 11.6 Å². The Labute approximate surface area is 178 Å². The lowest BCUT2D eigenvalue weighted by atomic mass is 9.97. The van der Waals surface area contributed by atoms with Crippen LogP contribution in [0.4, 0.5) is 0 Å². The highest BCUT2D eigenvalue weighted by atomic mass is 35.5. The molecule has 0 aliphatic heterocycles. The molecule has 0 unspecified atom stereocenters. The maximum absolute atomic E-state index is 12.7. The van der Waals surface area contributed by atoms with E-state index in [1.54, 1.807) is 13.4 Å². The van der Waals surface area contributed by atoms with Crippen molar-refractivity contribution in [1.82, 2.24) is 5.32 Å². The first kappa shape index (κ1) is 22.5. The number of methoxy groups -OCH3 is 1. The van der Waals surface area contributed by atoms with Crippen molar-refractivity contribution >= 4 is 28.7 Å². The van der Waals surface area contributed by atoms with Crippen molar-refractivity contribution in [2.75, 3.05) is 13.7 Å². The molecular weight excluding hydrogens is 382 g/mol. The van der Waals surface area contributed by atoms with Gasteiger partial charge < -0.3 is 10.1 Å². The second-order valence-electron chi connectivity index (χ2n) is 6.71. The number of hydrogen-bond donors (Lipinski definition) is 1. The second kappa shape index (κ2) is 11.3. The molecule has 0 aliphatic rings. The molecule has 2 rings (SSSR count). The summed E-state index contributed by atoms with van der Waals surface area (Å²) in [6.45, 7) is 8.65. The van der Waals surface area contributed by atoms with Gasteiger partial charge in [-0.15, -0.1) is 0 Å². The molecule has 3 nitrogen and oxygen atoms in total. The molecule has 0 saturated carbocycles. The Morgan fingerprint density at radius 1 is 1.21 bits per heavy atom. The van der Waals surface area contributed by atoms with Gasteiger partial charge in [0, 0.05) is 22.7 Å². The van der Waals surface area contributed by atoms with E-state index in [9.17, 15) is 4.79 Å². The zero-order valence-corrected chi connectivity index (χ0v) is 18.1. The standard InChI is InChI=1S/C25H28ClNO2/c1-5-9-20(23-16-22(26)13-12-18(23)2)14-15-27-25(28)19(3)24(17-29-4)21-10-7-6-8-11-21/h6-13,16-17H,3,5,14-15H2,1-2,4H3,(H,27,28)/b20-9-,24-17+. The van der Waals surface area contributed by atoms with Gasteiger partial charge in [-0.2, -0.15) is 0 Å². The van der Waals surface area contributed by atoms with Gasteiger partial charge in [0.2, 0.25) is 0 Å². The van der Waals surface area contributed by atoms with Crippen LogP contribution in [-0.2, 0) is 9.53 Å². The minimum Gasteiger partial charge on any atom is -0.504 e. The Balaban J connectivity index is 2.07. The number of nitrogens with one attached hydrogen (secondary N) is 1. The number of aryl methyl sites for hydroxylation is 1. The van der Waals surface area contributed by atoms with Crippen molar-refractivity contribution in [3.63, 3.8) is 0 Å². The summed E-state index contributed by atoms with van der Waals surface area (Å²) in [7, 11) is 1.56. The lowest BCUT2D eigenvalue weighted by molar-refractivity contribution is -0.117. The number of halogens is 1. The summed E-state index contributed by atoms with van der Waals surface area (Å²) >= 11 is 6.18. The SMILES string of the molecule is C=C(C(=O)NCC/C(=C/CC)c1cc(Cl)ccc1C)/C(=C\OC)c1ccccc1. The smallest absolute Gasteiger partial charge is 0.251 e. The van der Waals surface area contributed by atoms with Gasteiger partial charge in [0.15, 0.2) is 0 Å². The van der Waals surface area contributed by atoms with E-state index in [1.807, 2.05) is 48.5 Å². The predicted octanol–water partition coefficient (Wildman–Crippen LogP) is 6.19. The summed E-state index contributed by atoms with van der Waals surface area (Å²) in [4.78, 5) is 12.7. The number of hydrogen-bond acceptors (Lipinski definition) is 2. The Morgan fingerprint density at radius 3 is 2.59 bits per heavy atom. The molecule has 0 heterocycles. The average molecular weight is 410 g/mol. The van der Waals surface area contributed by atoms with Crippen LogP contribution in [-0.4, -0.2) is 19.6 Å². The molecule has 152 valence electrons. The molecule has 29 heavy (non-hydrogen) atoms. The van der Waals surface area contributed by atoms with Crippen LogP contribution in [0, 0.1) is 6.92 Å². The maximum Gasteiger partial charge on any atom is 0.251 e. The molecule has 1 amide bonds. The summed E-state index contributed by atoms with van der Waals surface area (Å²) in [6.07, 6.45) is 5.36. The minimum absolute atomic E-state index is 0.212. The van der Waals surface area contributed by atoms with Gasteiger partial charge in [-0.3, -0.25) is 4.79 Å². The molecule has 2 aromatic rings. The van der Waals surface area contributed by atoms with Gasteiger partial charge in [-0.25, -0.2) is 0 Å². The van der Waals surface area contributed by atoms with Crippen molar-refractivity contribution < 1.29 is 9.53 Å². The molecule has 4 heteroatoms. The average Bonchev–Trinajstić information content (AvgIpc) is 2.73. The Bertz CT molecular complexity index is 914. The number of ether oxygens (including phenoxy) is 1. The van der Waals surface area contributed by atoms with Crippen LogP contribution in [0.25, 0.3) is 11.1 Å². The van der Waals surface area contributed by atoms with Crippen molar-refractivity contribution in [2.45, 2.75) is 26.7 Å². The fraction of sp³-hybridized carbons (Fsp3) is 0.240. The van der Waals surface area contributed by atoms with Crippen LogP contribution in [0.5, 0.6) is 0 Å². The number of amides is 1. The van der Waals surface area contributed by atoms with E-state index in [2.05, 4.69) is 31.8 Å². The van der Waals surface area contributed by atoms with E-state index in [1.165, 1.54) is 11.1 Å².